The Balaban J connectivity index is 2.97. The van der Waals surface area contributed by atoms with Crippen LogP contribution in [0.15, 0.2) is 21.7 Å². The van der Waals surface area contributed by atoms with Crippen molar-refractivity contribution in [3.05, 3.63) is 59.3 Å². The van der Waals surface area contributed by atoms with Gasteiger partial charge >= 0.3 is 5.69 Å². The highest BCUT2D eigenvalue weighted by Crippen LogP contribution is 2.29. The van der Waals surface area contributed by atoms with E-state index >= 15 is 0 Å². The summed E-state index contributed by atoms with van der Waals surface area (Å²) in [5.41, 5.74) is -0.151. The number of halogens is 3. The van der Waals surface area contributed by atoms with Crippen molar-refractivity contribution in [2.75, 3.05) is 0 Å². The molecule has 4 nitrogen and oxygen atoms in total. The second kappa shape index (κ2) is 5.04. The minimum Gasteiger partial charge on any atom is -0.297 e. The van der Waals surface area contributed by atoms with E-state index in [0.717, 1.165) is 4.57 Å². The number of aromatic nitrogens is 2. The minimum absolute atomic E-state index is 0.00569. The van der Waals surface area contributed by atoms with Gasteiger partial charge in [0.2, 0.25) is 0 Å². The zero-order chi connectivity index (χ0) is 14.3. The topological polar surface area (TPSA) is 54.9 Å². The molecule has 7 heteroatoms. The summed E-state index contributed by atoms with van der Waals surface area (Å²) in [4.78, 5) is 26.5. The molecule has 1 aromatic heterocycles. The van der Waals surface area contributed by atoms with E-state index in [1.165, 1.54) is 6.92 Å². The number of hydrogen-bond acceptors (Lipinski definition) is 2. The molecule has 1 N–H and O–H groups in total. The number of aryl methyl sites for hydroxylation is 1. The summed E-state index contributed by atoms with van der Waals surface area (Å²) >= 11 is 17.9. The van der Waals surface area contributed by atoms with E-state index in [-0.39, 0.29) is 26.4 Å². The molecule has 0 bridgehead atoms. The van der Waals surface area contributed by atoms with Gasteiger partial charge in [-0.25, -0.2) is 9.36 Å². The van der Waals surface area contributed by atoms with Crippen molar-refractivity contribution in [2.45, 2.75) is 13.8 Å². The molecule has 0 unspecified atom stereocenters. The summed E-state index contributed by atoms with van der Waals surface area (Å²) in [5, 5.41) is 0.470. The second-order valence-corrected chi connectivity index (χ2v) is 5.20. The van der Waals surface area contributed by atoms with Crippen LogP contribution in [-0.4, -0.2) is 9.55 Å². The van der Waals surface area contributed by atoms with Crippen molar-refractivity contribution >= 4 is 34.8 Å². The molecule has 0 spiro atoms. The first-order chi connectivity index (χ1) is 8.84. The fourth-order valence-corrected chi connectivity index (χ4v) is 2.35. The van der Waals surface area contributed by atoms with Gasteiger partial charge in [-0.1, -0.05) is 40.9 Å². The number of nitrogens with zero attached hydrogens (tertiary/aromatic N) is 1. The quantitative estimate of drug-likeness (QED) is 0.821. The van der Waals surface area contributed by atoms with E-state index in [0.29, 0.717) is 5.56 Å². The maximum Gasteiger partial charge on any atom is 0.334 e. The van der Waals surface area contributed by atoms with Crippen molar-refractivity contribution in [1.82, 2.24) is 9.55 Å². The monoisotopic (exact) mass is 318 g/mol. The molecule has 0 aliphatic rings. The van der Waals surface area contributed by atoms with E-state index in [4.69, 9.17) is 34.8 Å². The molecule has 1 aromatic carbocycles. The Morgan fingerprint density at radius 1 is 1.11 bits per heavy atom. The minimum atomic E-state index is -0.685. The van der Waals surface area contributed by atoms with Crippen molar-refractivity contribution in [1.29, 1.82) is 0 Å². The van der Waals surface area contributed by atoms with Gasteiger partial charge in [-0.15, -0.1) is 0 Å². The van der Waals surface area contributed by atoms with Gasteiger partial charge in [0.05, 0.1) is 21.3 Å². The zero-order valence-corrected chi connectivity index (χ0v) is 12.3. The third-order valence-corrected chi connectivity index (χ3v) is 3.92. The normalized spacial score (nSPS) is 10.8. The molecule has 0 radical (unpaired) electrons. The van der Waals surface area contributed by atoms with Gasteiger partial charge in [-0.3, -0.25) is 9.78 Å². The standard InChI is InChI=1S/C12H9Cl3N2O2/c1-5-3-4-7(13)9(8(5)14)17-11(18)6(2)10(15)16-12(17)19/h3-4H,1-2H3,(H,16,19). The molecule has 19 heavy (non-hydrogen) atoms. The van der Waals surface area contributed by atoms with Gasteiger partial charge in [0.25, 0.3) is 5.56 Å². The van der Waals surface area contributed by atoms with E-state index < -0.39 is 11.2 Å². The Hall–Kier alpha value is -1.23. The Labute approximate surface area is 123 Å². The highest BCUT2D eigenvalue weighted by atomic mass is 35.5. The van der Waals surface area contributed by atoms with Gasteiger partial charge < -0.3 is 0 Å². The summed E-state index contributed by atoms with van der Waals surface area (Å²) in [6.45, 7) is 3.26. The van der Waals surface area contributed by atoms with Crippen LogP contribution in [0.4, 0.5) is 0 Å². The first kappa shape index (κ1) is 14.2. The molecule has 1 heterocycles. The van der Waals surface area contributed by atoms with Crippen LogP contribution in [-0.2, 0) is 0 Å². The maximum atomic E-state index is 12.2. The summed E-state index contributed by atoms with van der Waals surface area (Å²) < 4.78 is 0.888. The molecule has 0 aliphatic heterocycles. The van der Waals surface area contributed by atoms with Crippen molar-refractivity contribution < 1.29 is 0 Å². The molecule has 0 saturated carbocycles. The third kappa shape index (κ3) is 2.31. The summed E-state index contributed by atoms with van der Waals surface area (Å²) in [5.74, 6) is 0. The van der Waals surface area contributed by atoms with Crippen LogP contribution < -0.4 is 11.2 Å². The third-order valence-electron chi connectivity index (χ3n) is 2.76. The van der Waals surface area contributed by atoms with E-state index in [1.807, 2.05) is 0 Å². The molecular weight excluding hydrogens is 311 g/mol. The highest BCUT2D eigenvalue weighted by molar-refractivity contribution is 6.38. The number of hydrogen-bond donors (Lipinski definition) is 1. The Kier molecular flexibility index (Phi) is 3.76. The van der Waals surface area contributed by atoms with E-state index in [2.05, 4.69) is 4.98 Å². The molecule has 0 saturated heterocycles. The lowest BCUT2D eigenvalue weighted by molar-refractivity contribution is 0.859. The van der Waals surface area contributed by atoms with Gasteiger partial charge in [-0.05, 0) is 25.5 Å². The molecule has 0 amide bonds. The average Bonchev–Trinajstić information content (AvgIpc) is 2.35. The van der Waals surface area contributed by atoms with Gasteiger partial charge in [0.1, 0.15) is 5.15 Å². The lowest BCUT2D eigenvalue weighted by Gasteiger charge is -2.12. The van der Waals surface area contributed by atoms with Crippen molar-refractivity contribution in [3.8, 4) is 5.69 Å². The SMILES string of the molecule is Cc1ccc(Cl)c(-n2c(=O)[nH]c(Cl)c(C)c2=O)c1Cl. The molecule has 2 rings (SSSR count). The summed E-state index contributed by atoms with van der Waals surface area (Å²) in [7, 11) is 0. The van der Waals surface area contributed by atoms with Crippen LogP contribution in [0.3, 0.4) is 0 Å². The smallest absolute Gasteiger partial charge is 0.297 e. The lowest BCUT2D eigenvalue weighted by Crippen LogP contribution is -2.35. The Morgan fingerprint density at radius 2 is 1.74 bits per heavy atom. The van der Waals surface area contributed by atoms with Crippen LogP contribution in [0.2, 0.25) is 15.2 Å². The Bertz CT molecular complexity index is 778. The van der Waals surface area contributed by atoms with Gasteiger partial charge in [0.15, 0.2) is 0 Å². The number of aromatic amines is 1. The van der Waals surface area contributed by atoms with E-state index in [1.54, 1.807) is 19.1 Å². The first-order valence-electron chi connectivity index (χ1n) is 5.31. The number of benzene rings is 1. The van der Waals surface area contributed by atoms with Crippen molar-refractivity contribution in [2.24, 2.45) is 0 Å². The molecule has 2 aromatic rings. The molecule has 0 atom stereocenters. The predicted molar refractivity (Wildman–Crippen MR) is 77.2 cm³/mol. The van der Waals surface area contributed by atoms with Crippen LogP contribution in [0.25, 0.3) is 5.69 Å². The number of nitrogens with one attached hydrogen (secondary N) is 1. The second-order valence-electron chi connectivity index (χ2n) is 4.04. The van der Waals surface area contributed by atoms with Crippen LogP contribution >= 0.6 is 34.8 Å². The summed E-state index contributed by atoms with van der Waals surface area (Å²) in [6, 6.07) is 3.28. The molecule has 100 valence electrons. The lowest BCUT2D eigenvalue weighted by atomic mass is 10.2. The van der Waals surface area contributed by atoms with Crippen LogP contribution in [0, 0.1) is 13.8 Å². The number of H-pyrrole nitrogens is 1. The predicted octanol–water partition coefficient (Wildman–Crippen LogP) is 3.10. The van der Waals surface area contributed by atoms with Gasteiger partial charge in [0, 0.05) is 0 Å². The molecule has 0 aliphatic carbocycles. The summed E-state index contributed by atoms with van der Waals surface area (Å²) in [6.07, 6.45) is 0. The number of rotatable bonds is 1. The van der Waals surface area contributed by atoms with Crippen LogP contribution in [0.5, 0.6) is 0 Å². The molecular formula is C12H9Cl3N2O2. The maximum absolute atomic E-state index is 12.2. The fraction of sp³-hybridized carbons (Fsp3) is 0.167. The Morgan fingerprint density at radius 3 is 2.37 bits per heavy atom. The first-order valence-corrected chi connectivity index (χ1v) is 6.44. The molecule has 0 fully saturated rings. The zero-order valence-electron chi connectivity index (χ0n) is 10.1. The average molecular weight is 320 g/mol. The van der Waals surface area contributed by atoms with Crippen molar-refractivity contribution in [3.63, 3.8) is 0 Å². The van der Waals surface area contributed by atoms with Crippen LogP contribution in [0.1, 0.15) is 11.1 Å². The highest BCUT2D eigenvalue weighted by Gasteiger charge is 2.17. The fourth-order valence-electron chi connectivity index (χ4n) is 1.65. The largest absolute Gasteiger partial charge is 0.334 e. The van der Waals surface area contributed by atoms with E-state index in [9.17, 15) is 9.59 Å². The van der Waals surface area contributed by atoms with Gasteiger partial charge in [-0.2, -0.15) is 0 Å².